The van der Waals surface area contributed by atoms with Crippen LogP contribution in [0.25, 0.3) is 0 Å². The molecule has 0 bridgehead atoms. The van der Waals surface area contributed by atoms with Gasteiger partial charge in [0.25, 0.3) is 0 Å². The summed E-state index contributed by atoms with van der Waals surface area (Å²) in [5.74, 6) is 0. The van der Waals surface area contributed by atoms with Gasteiger partial charge in [-0.3, -0.25) is 4.72 Å². The molecule has 0 unspecified atom stereocenters. The highest BCUT2D eigenvalue weighted by Crippen LogP contribution is 2.37. The van der Waals surface area contributed by atoms with Crippen LogP contribution in [0.4, 0.5) is 0 Å². The molecule has 0 spiro atoms. The topological polar surface area (TPSA) is 12.0 Å². The zero-order chi connectivity index (χ0) is 14.2. The van der Waals surface area contributed by atoms with E-state index in [0.717, 1.165) is 6.42 Å². The molecule has 0 amide bonds. The van der Waals surface area contributed by atoms with Crippen LogP contribution in [-0.2, 0) is 5.41 Å². The molecule has 0 fully saturated rings. The van der Waals surface area contributed by atoms with Crippen LogP contribution in [0.15, 0.2) is 30.3 Å². The molecule has 0 saturated heterocycles. The first-order valence-corrected chi connectivity index (χ1v) is 7.59. The maximum Gasteiger partial charge on any atom is 0.0256 e. The highest BCUT2D eigenvalue weighted by Gasteiger charge is 2.30. The monoisotopic (exact) mass is 267 g/mol. The van der Waals surface area contributed by atoms with E-state index in [1.54, 1.807) is 11.9 Å². The van der Waals surface area contributed by atoms with Crippen LogP contribution < -0.4 is 4.72 Å². The molecule has 0 heterocycles. The number of hydrogen-bond donors (Lipinski definition) is 1. The normalized spacial score (nSPS) is 11.7. The van der Waals surface area contributed by atoms with Crippen molar-refractivity contribution in [2.24, 2.45) is 0 Å². The molecule has 2 heteroatoms. The Kier molecular flexibility index (Phi) is 7.65. The van der Waals surface area contributed by atoms with Crippen LogP contribution in [0, 0.1) is 0 Å². The molecule has 1 nitrogen and oxygen atoms in total. The molecule has 0 aliphatic heterocycles. The number of nitrogens with one attached hydrogen (secondary N) is 1. The maximum atomic E-state index is 3.20. The summed E-state index contributed by atoms with van der Waals surface area (Å²) in [6, 6.07) is 10.8. The fourth-order valence-electron chi connectivity index (χ4n) is 2.37. The van der Waals surface area contributed by atoms with Gasteiger partial charge in [-0.15, -0.1) is 0 Å². The molecule has 1 rings (SSSR count). The highest BCUT2D eigenvalue weighted by molar-refractivity contribution is 7.98. The van der Waals surface area contributed by atoms with Gasteiger partial charge in [0.15, 0.2) is 0 Å². The lowest BCUT2D eigenvalue weighted by Gasteiger charge is -2.34. The van der Waals surface area contributed by atoms with E-state index in [1.807, 2.05) is 20.9 Å². The smallest absolute Gasteiger partial charge is 0.0256 e. The Morgan fingerprint density at radius 2 is 1.50 bits per heavy atom. The van der Waals surface area contributed by atoms with Gasteiger partial charge in [0.2, 0.25) is 0 Å². The number of rotatable bonds is 5. The summed E-state index contributed by atoms with van der Waals surface area (Å²) in [7, 11) is 1.99. The number of benzene rings is 1. The van der Waals surface area contributed by atoms with Crippen LogP contribution in [0.5, 0.6) is 0 Å². The van der Waals surface area contributed by atoms with E-state index < -0.39 is 0 Å². The van der Waals surface area contributed by atoms with Crippen molar-refractivity contribution in [1.29, 1.82) is 0 Å². The minimum absolute atomic E-state index is 0.217. The van der Waals surface area contributed by atoms with E-state index in [0.29, 0.717) is 0 Å². The van der Waals surface area contributed by atoms with Crippen molar-refractivity contribution in [2.45, 2.75) is 58.1 Å². The average molecular weight is 267 g/mol. The SMILES string of the molecule is CC.CNSC(C)(C)CC(C)(C)c1ccccc1. The summed E-state index contributed by atoms with van der Waals surface area (Å²) in [6.07, 6.45) is 1.15. The first-order chi connectivity index (χ1) is 8.37. The van der Waals surface area contributed by atoms with Gasteiger partial charge in [-0.05, 0) is 38.3 Å². The Hall–Kier alpha value is -0.470. The Balaban J connectivity index is 0.00000137. The van der Waals surface area contributed by atoms with E-state index >= 15 is 0 Å². The lowest BCUT2D eigenvalue weighted by atomic mass is 9.77. The molecule has 0 aliphatic carbocycles. The molecule has 0 aliphatic rings. The van der Waals surface area contributed by atoms with Gasteiger partial charge in [0.05, 0.1) is 0 Å². The molecule has 18 heavy (non-hydrogen) atoms. The van der Waals surface area contributed by atoms with Gasteiger partial charge < -0.3 is 0 Å². The van der Waals surface area contributed by atoms with Gasteiger partial charge >= 0.3 is 0 Å². The molecule has 0 atom stereocenters. The van der Waals surface area contributed by atoms with Gasteiger partial charge in [0, 0.05) is 4.75 Å². The summed E-state index contributed by atoms with van der Waals surface area (Å²) in [4.78, 5) is 0. The summed E-state index contributed by atoms with van der Waals surface area (Å²) < 4.78 is 3.44. The lowest BCUT2D eigenvalue weighted by Crippen LogP contribution is -2.30. The molecular formula is C16H29NS. The Labute approximate surface area is 118 Å². The van der Waals surface area contributed by atoms with Crippen LogP contribution >= 0.6 is 11.9 Å². The van der Waals surface area contributed by atoms with Crippen molar-refractivity contribution < 1.29 is 0 Å². The Morgan fingerprint density at radius 1 is 1.00 bits per heavy atom. The van der Waals surface area contributed by atoms with Gasteiger partial charge in [0.1, 0.15) is 0 Å². The average Bonchev–Trinajstić information content (AvgIpc) is 2.31. The third kappa shape index (κ3) is 5.92. The van der Waals surface area contributed by atoms with Gasteiger partial charge in [-0.1, -0.05) is 70.0 Å². The first-order valence-electron chi connectivity index (χ1n) is 6.78. The molecule has 1 N–H and O–H groups in total. The van der Waals surface area contributed by atoms with Crippen LogP contribution in [-0.4, -0.2) is 11.8 Å². The van der Waals surface area contributed by atoms with Crippen LogP contribution in [0.2, 0.25) is 0 Å². The van der Waals surface area contributed by atoms with Crippen molar-refractivity contribution in [3.8, 4) is 0 Å². The lowest BCUT2D eigenvalue weighted by molar-refractivity contribution is 0.424. The van der Waals surface area contributed by atoms with Gasteiger partial charge in [-0.2, -0.15) is 0 Å². The van der Waals surface area contributed by atoms with E-state index in [9.17, 15) is 0 Å². The number of hydrogen-bond acceptors (Lipinski definition) is 2. The van der Waals surface area contributed by atoms with Crippen molar-refractivity contribution in [3.05, 3.63) is 35.9 Å². The summed E-state index contributed by atoms with van der Waals surface area (Å²) in [6.45, 7) is 13.2. The molecule has 104 valence electrons. The Morgan fingerprint density at radius 3 is 1.94 bits per heavy atom. The van der Waals surface area contributed by atoms with E-state index in [-0.39, 0.29) is 10.2 Å². The second-order valence-corrected chi connectivity index (χ2v) is 7.21. The molecule has 0 radical (unpaired) electrons. The maximum absolute atomic E-state index is 3.20. The van der Waals surface area contributed by atoms with E-state index in [1.165, 1.54) is 5.56 Å². The van der Waals surface area contributed by atoms with E-state index in [4.69, 9.17) is 0 Å². The predicted molar refractivity (Wildman–Crippen MR) is 86.2 cm³/mol. The van der Waals surface area contributed by atoms with Crippen LogP contribution in [0.3, 0.4) is 0 Å². The highest BCUT2D eigenvalue weighted by atomic mass is 32.2. The second-order valence-electron chi connectivity index (χ2n) is 5.49. The van der Waals surface area contributed by atoms with Gasteiger partial charge in [-0.25, -0.2) is 0 Å². The predicted octanol–water partition coefficient (Wildman–Crippen LogP) is 5.03. The third-order valence-corrected chi connectivity index (χ3v) is 3.70. The molecular weight excluding hydrogens is 238 g/mol. The fraction of sp³-hybridized carbons (Fsp3) is 0.625. The molecule has 1 aromatic carbocycles. The quantitative estimate of drug-likeness (QED) is 0.751. The standard InChI is InChI=1S/C14H23NS.C2H6/c1-13(2,11-14(3,4)16-15-5)12-9-7-6-8-10-12;1-2/h6-10,15H,11H2,1-5H3;1-2H3. The van der Waals surface area contributed by atoms with Crippen molar-refractivity contribution in [3.63, 3.8) is 0 Å². The zero-order valence-corrected chi connectivity index (χ0v) is 13.8. The van der Waals surface area contributed by atoms with Crippen molar-refractivity contribution in [1.82, 2.24) is 4.72 Å². The summed E-state index contributed by atoms with van der Waals surface area (Å²) >= 11 is 1.81. The molecule has 1 aromatic rings. The minimum atomic E-state index is 0.217. The summed E-state index contributed by atoms with van der Waals surface area (Å²) in [5, 5.41) is 0. The second kappa shape index (κ2) is 7.85. The van der Waals surface area contributed by atoms with Crippen molar-refractivity contribution in [2.75, 3.05) is 7.05 Å². The zero-order valence-electron chi connectivity index (χ0n) is 13.0. The largest absolute Gasteiger partial charge is 0.267 e. The Bertz CT molecular complexity index is 317. The van der Waals surface area contributed by atoms with E-state index in [2.05, 4.69) is 62.7 Å². The minimum Gasteiger partial charge on any atom is -0.267 e. The van der Waals surface area contributed by atoms with Crippen LogP contribution in [0.1, 0.15) is 53.5 Å². The fourth-order valence-corrected chi connectivity index (χ4v) is 3.35. The third-order valence-electron chi connectivity index (χ3n) is 2.80. The first kappa shape index (κ1) is 17.5. The molecule has 0 saturated carbocycles. The summed E-state index contributed by atoms with van der Waals surface area (Å²) in [5.41, 5.74) is 1.63. The molecule has 0 aromatic heterocycles. The van der Waals surface area contributed by atoms with Crippen molar-refractivity contribution >= 4 is 11.9 Å².